The third-order valence-electron chi connectivity index (χ3n) is 2.61. The molecule has 7 nitrogen and oxygen atoms in total. The number of hydrogen-bond acceptors (Lipinski definition) is 4. The Balaban J connectivity index is 3.01. The summed E-state index contributed by atoms with van der Waals surface area (Å²) < 4.78 is 0. The van der Waals surface area contributed by atoms with E-state index in [2.05, 4.69) is 5.32 Å². The maximum absolute atomic E-state index is 12.0. The third-order valence-corrected chi connectivity index (χ3v) is 2.84. The van der Waals surface area contributed by atoms with Crippen LogP contribution in [0.5, 0.6) is 0 Å². The molecule has 0 spiro atoms. The lowest BCUT2D eigenvalue weighted by molar-refractivity contribution is -0.138. The maximum atomic E-state index is 12.0. The normalized spacial score (nSPS) is 11.6. The molecule has 1 atom stereocenters. The number of aliphatic carboxylic acids is 1. The quantitative estimate of drug-likeness (QED) is 0.743. The van der Waals surface area contributed by atoms with E-state index in [1.807, 2.05) is 0 Å². The fourth-order valence-corrected chi connectivity index (χ4v) is 1.73. The van der Waals surface area contributed by atoms with Gasteiger partial charge in [0.05, 0.1) is 23.7 Å². The zero-order valence-corrected chi connectivity index (χ0v) is 12.3. The van der Waals surface area contributed by atoms with Crippen molar-refractivity contribution in [2.24, 2.45) is 5.73 Å². The van der Waals surface area contributed by atoms with Crippen LogP contribution in [0.25, 0.3) is 0 Å². The van der Waals surface area contributed by atoms with Gasteiger partial charge in [-0.2, -0.15) is 0 Å². The molecule has 0 bridgehead atoms. The van der Waals surface area contributed by atoms with Gasteiger partial charge in [0.15, 0.2) is 0 Å². The van der Waals surface area contributed by atoms with Gasteiger partial charge >= 0.3 is 5.97 Å². The standard InChI is InChI=1S/C13H16ClN3O4/c1-17(2)13(21)8-4-3-7(14)5-10(8)16-12(20)9(15)6-11(18)19/h3-5,9H,6,15H2,1-2H3,(H,16,20)(H,18,19). The van der Waals surface area contributed by atoms with Gasteiger partial charge in [-0.05, 0) is 18.2 Å². The van der Waals surface area contributed by atoms with E-state index in [9.17, 15) is 14.4 Å². The number of amides is 2. The largest absolute Gasteiger partial charge is 0.481 e. The number of rotatable bonds is 5. The van der Waals surface area contributed by atoms with Crippen LogP contribution >= 0.6 is 11.6 Å². The molecule has 8 heteroatoms. The Morgan fingerprint density at radius 2 is 2.00 bits per heavy atom. The number of carboxylic acid groups (broad SMARTS) is 1. The number of benzene rings is 1. The summed E-state index contributed by atoms with van der Waals surface area (Å²) in [6, 6.07) is 3.18. The number of nitrogens with two attached hydrogens (primary N) is 1. The molecule has 0 aromatic heterocycles. The Morgan fingerprint density at radius 1 is 1.38 bits per heavy atom. The van der Waals surface area contributed by atoms with Crippen LogP contribution in [0.2, 0.25) is 5.02 Å². The molecule has 0 fully saturated rings. The highest BCUT2D eigenvalue weighted by Gasteiger charge is 2.20. The fourth-order valence-electron chi connectivity index (χ4n) is 1.55. The number of halogens is 1. The highest BCUT2D eigenvalue weighted by atomic mass is 35.5. The van der Waals surface area contributed by atoms with E-state index in [0.29, 0.717) is 5.02 Å². The van der Waals surface area contributed by atoms with Gasteiger partial charge in [0.1, 0.15) is 0 Å². The minimum absolute atomic E-state index is 0.187. The van der Waals surface area contributed by atoms with Gasteiger partial charge in [-0.1, -0.05) is 11.6 Å². The Kier molecular flexibility index (Phi) is 5.69. The van der Waals surface area contributed by atoms with Gasteiger partial charge in [-0.15, -0.1) is 0 Å². The Morgan fingerprint density at radius 3 is 2.52 bits per heavy atom. The molecule has 1 aromatic rings. The predicted molar refractivity (Wildman–Crippen MR) is 78.3 cm³/mol. The van der Waals surface area contributed by atoms with Crippen molar-refractivity contribution in [2.75, 3.05) is 19.4 Å². The van der Waals surface area contributed by atoms with Crippen LogP contribution in [0, 0.1) is 0 Å². The summed E-state index contributed by atoms with van der Waals surface area (Å²) in [5.41, 5.74) is 5.89. The summed E-state index contributed by atoms with van der Waals surface area (Å²) in [6.45, 7) is 0. The van der Waals surface area contributed by atoms with E-state index < -0.39 is 24.3 Å². The Labute approximate surface area is 126 Å². The first kappa shape index (κ1) is 16.9. The summed E-state index contributed by atoms with van der Waals surface area (Å²) in [5, 5.41) is 11.4. The van der Waals surface area contributed by atoms with E-state index in [0.717, 1.165) is 0 Å². The lowest BCUT2D eigenvalue weighted by atomic mass is 10.1. The van der Waals surface area contributed by atoms with E-state index >= 15 is 0 Å². The topological polar surface area (TPSA) is 113 Å². The summed E-state index contributed by atoms with van der Waals surface area (Å²) >= 11 is 5.85. The maximum Gasteiger partial charge on any atom is 0.305 e. The van der Waals surface area contributed by atoms with Crippen LogP contribution in [-0.4, -0.2) is 47.9 Å². The molecule has 0 radical (unpaired) electrons. The van der Waals surface area contributed by atoms with Crippen LogP contribution in [-0.2, 0) is 9.59 Å². The first-order chi connectivity index (χ1) is 9.72. The number of nitrogens with one attached hydrogen (secondary N) is 1. The van der Waals surface area contributed by atoms with Crippen molar-refractivity contribution in [3.63, 3.8) is 0 Å². The fraction of sp³-hybridized carbons (Fsp3) is 0.308. The number of carbonyl (C=O) groups is 3. The molecule has 4 N–H and O–H groups in total. The molecule has 1 unspecified atom stereocenters. The van der Waals surface area contributed by atoms with Crippen molar-refractivity contribution in [3.05, 3.63) is 28.8 Å². The zero-order chi connectivity index (χ0) is 16.2. The second kappa shape index (κ2) is 7.05. The monoisotopic (exact) mass is 313 g/mol. The summed E-state index contributed by atoms with van der Waals surface area (Å²) in [6.07, 6.45) is -0.511. The van der Waals surface area contributed by atoms with Gasteiger partial charge in [0.25, 0.3) is 5.91 Å². The van der Waals surface area contributed by atoms with Crippen LogP contribution < -0.4 is 11.1 Å². The van der Waals surface area contributed by atoms with E-state index in [-0.39, 0.29) is 17.2 Å². The number of nitrogens with zero attached hydrogens (tertiary/aromatic N) is 1. The van der Waals surface area contributed by atoms with Crippen LogP contribution in [0.3, 0.4) is 0 Å². The molecule has 21 heavy (non-hydrogen) atoms. The van der Waals surface area contributed by atoms with Crippen molar-refractivity contribution in [3.8, 4) is 0 Å². The zero-order valence-electron chi connectivity index (χ0n) is 11.6. The highest BCUT2D eigenvalue weighted by Crippen LogP contribution is 2.22. The van der Waals surface area contributed by atoms with Crippen molar-refractivity contribution in [2.45, 2.75) is 12.5 Å². The van der Waals surface area contributed by atoms with E-state index in [1.165, 1.54) is 23.1 Å². The van der Waals surface area contributed by atoms with Crippen LogP contribution in [0.15, 0.2) is 18.2 Å². The average Bonchev–Trinajstić information content (AvgIpc) is 2.37. The predicted octanol–water partition coefficient (Wildman–Crippen LogP) is 0.782. The first-order valence-corrected chi connectivity index (χ1v) is 6.39. The van der Waals surface area contributed by atoms with Gasteiger partial charge in [-0.25, -0.2) is 0 Å². The first-order valence-electron chi connectivity index (χ1n) is 6.01. The molecule has 114 valence electrons. The molecule has 1 rings (SSSR count). The molecular weight excluding hydrogens is 298 g/mol. The Bertz CT molecular complexity index is 575. The second-order valence-electron chi connectivity index (χ2n) is 4.58. The summed E-state index contributed by atoms with van der Waals surface area (Å²) in [4.78, 5) is 35.7. The number of carbonyl (C=O) groups excluding carboxylic acids is 2. The Hall–Kier alpha value is -2.12. The number of hydrogen-bond donors (Lipinski definition) is 3. The third kappa shape index (κ3) is 4.73. The average molecular weight is 314 g/mol. The van der Waals surface area contributed by atoms with E-state index in [4.69, 9.17) is 22.4 Å². The molecular formula is C13H16ClN3O4. The van der Waals surface area contributed by atoms with Gasteiger partial charge < -0.3 is 21.1 Å². The van der Waals surface area contributed by atoms with Gasteiger partial charge in [0, 0.05) is 19.1 Å². The van der Waals surface area contributed by atoms with Crippen LogP contribution in [0.1, 0.15) is 16.8 Å². The molecule has 0 aliphatic heterocycles. The van der Waals surface area contributed by atoms with Crippen LogP contribution in [0.4, 0.5) is 5.69 Å². The molecule has 2 amide bonds. The number of anilines is 1. The smallest absolute Gasteiger partial charge is 0.305 e. The summed E-state index contributed by atoms with van der Waals surface area (Å²) in [5.74, 6) is -2.21. The van der Waals surface area contributed by atoms with Crippen molar-refractivity contribution >= 4 is 35.1 Å². The SMILES string of the molecule is CN(C)C(=O)c1ccc(Cl)cc1NC(=O)C(N)CC(=O)O. The van der Waals surface area contributed by atoms with Crippen molar-refractivity contribution < 1.29 is 19.5 Å². The second-order valence-corrected chi connectivity index (χ2v) is 5.02. The van der Waals surface area contributed by atoms with Crippen molar-refractivity contribution in [1.82, 2.24) is 4.90 Å². The molecule has 0 saturated heterocycles. The lowest BCUT2D eigenvalue weighted by Crippen LogP contribution is -2.38. The highest BCUT2D eigenvalue weighted by molar-refractivity contribution is 6.31. The van der Waals surface area contributed by atoms with Gasteiger partial charge in [-0.3, -0.25) is 14.4 Å². The molecule has 0 saturated carbocycles. The molecule has 0 aliphatic carbocycles. The molecule has 0 heterocycles. The minimum Gasteiger partial charge on any atom is -0.481 e. The van der Waals surface area contributed by atoms with Gasteiger partial charge in [0.2, 0.25) is 5.91 Å². The molecule has 1 aromatic carbocycles. The van der Waals surface area contributed by atoms with Crippen molar-refractivity contribution in [1.29, 1.82) is 0 Å². The summed E-state index contributed by atoms with van der Waals surface area (Å²) in [7, 11) is 3.14. The van der Waals surface area contributed by atoms with E-state index in [1.54, 1.807) is 14.1 Å². The lowest BCUT2D eigenvalue weighted by Gasteiger charge is -2.16. The minimum atomic E-state index is -1.22. The molecule has 0 aliphatic rings. The number of carboxylic acids is 1.